The van der Waals surface area contributed by atoms with Crippen LogP contribution in [0.1, 0.15) is 87.6 Å². The van der Waals surface area contributed by atoms with Crippen molar-refractivity contribution in [1.82, 2.24) is 0 Å². The van der Waals surface area contributed by atoms with Gasteiger partial charge in [-0.3, -0.25) is 0 Å². The van der Waals surface area contributed by atoms with Crippen LogP contribution in [0.15, 0.2) is 24.3 Å². The highest BCUT2D eigenvalue weighted by atomic mass is 16.5. The van der Waals surface area contributed by atoms with Crippen molar-refractivity contribution in [2.24, 2.45) is 10.8 Å². The van der Waals surface area contributed by atoms with Crippen molar-refractivity contribution in [2.75, 3.05) is 0 Å². The molecular weight excluding hydrogens is 280 g/mol. The van der Waals surface area contributed by atoms with Crippen molar-refractivity contribution in [3.63, 3.8) is 0 Å². The molecule has 0 fully saturated rings. The molecule has 1 nitrogen and oxygen atoms in total. The Labute approximate surface area is 145 Å². The van der Waals surface area contributed by atoms with Gasteiger partial charge in [0, 0.05) is 0 Å². The molecule has 1 heterocycles. The minimum absolute atomic E-state index is 0.00655. The molecule has 0 bridgehead atoms. The minimum Gasteiger partial charge on any atom is -0.488 e. The van der Waals surface area contributed by atoms with Crippen molar-refractivity contribution >= 4 is 0 Å². The molecule has 1 aromatic carbocycles. The second-order valence-electron chi connectivity index (χ2n) is 10.3. The predicted octanol–water partition coefficient (Wildman–Crippen LogP) is 7.29. The fraction of sp³-hybridized carbons (Fsp3) is 0.727. The van der Waals surface area contributed by atoms with Crippen LogP contribution in [0.5, 0.6) is 5.75 Å². The smallest absolute Gasteiger partial charge is 0.123 e. The van der Waals surface area contributed by atoms with Crippen molar-refractivity contribution in [1.29, 1.82) is 0 Å². The van der Waals surface area contributed by atoms with E-state index >= 15 is 0 Å². The first-order valence-electron chi connectivity index (χ1n) is 8.94. The molecule has 0 saturated carbocycles. The summed E-state index contributed by atoms with van der Waals surface area (Å²) in [7, 11) is 0. The Balaban J connectivity index is 0.000000406. The summed E-state index contributed by atoms with van der Waals surface area (Å²) in [6, 6.07) is 8.36. The zero-order valence-corrected chi connectivity index (χ0v) is 17.3. The van der Waals surface area contributed by atoms with E-state index in [0.29, 0.717) is 10.8 Å². The molecule has 0 radical (unpaired) electrons. The molecule has 134 valence electrons. The summed E-state index contributed by atoms with van der Waals surface area (Å²) < 4.78 is 5.94. The Kier molecular flexibility index (Phi) is 8.38. The first-order valence-corrected chi connectivity index (χ1v) is 8.94. The van der Waals surface area contributed by atoms with Gasteiger partial charge in [-0.1, -0.05) is 73.6 Å². The maximum Gasteiger partial charge on any atom is 0.123 e. The molecule has 1 aliphatic rings. The zero-order chi connectivity index (χ0) is 18.3. The van der Waals surface area contributed by atoms with Crippen LogP contribution in [-0.2, 0) is 6.42 Å². The fourth-order valence-electron chi connectivity index (χ4n) is 1.86. The second kappa shape index (κ2) is 8.76. The number of ether oxygens (including phenoxy) is 1. The van der Waals surface area contributed by atoms with Gasteiger partial charge in [0.25, 0.3) is 0 Å². The SMILES string of the molecule is CC(C)(C)C.CC(C)(C)C.CC1(C)CCCc2ccccc2O1. The lowest BCUT2D eigenvalue weighted by Gasteiger charge is -2.24. The van der Waals surface area contributed by atoms with Gasteiger partial charge in [0.15, 0.2) is 0 Å². The summed E-state index contributed by atoms with van der Waals surface area (Å²) in [4.78, 5) is 0. The van der Waals surface area contributed by atoms with Crippen molar-refractivity contribution in [3.8, 4) is 5.75 Å². The molecule has 0 aliphatic carbocycles. The van der Waals surface area contributed by atoms with E-state index in [4.69, 9.17) is 4.74 Å². The van der Waals surface area contributed by atoms with Gasteiger partial charge in [0.2, 0.25) is 0 Å². The highest BCUT2D eigenvalue weighted by Crippen LogP contribution is 2.31. The quantitative estimate of drug-likeness (QED) is 0.488. The van der Waals surface area contributed by atoms with Gasteiger partial charge < -0.3 is 4.74 Å². The van der Waals surface area contributed by atoms with E-state index in [0.717, 1.165) is 18.6 Å². The largest absolute Gasteiger partial charge is 0.488 e. The average Bonchev–Trinajstić information content (AvgIpc) is 2.40. The number of benzene rings is 1. The van der Waals surface area contributed by atoms with Gasteiger partial charge in [-0.25, -0.2) is 0 Å². The van der Waals surface area contributed by atoms with Crippen LogP contribution in [0.25, 0.3) is 0 Å². The number of hydrogen-bond donors (Lipinski definition) is 0. The van der Waals surface area contributed by atoms with Gasteiger partial charge in [0.1, 0.15) is 11.4 Å². The van der Waals surface area contributed by atoms with Crippen LogP contribution >= 0.6 is 0 Å². The highest BCUT2D eigenvalue weighted by molar-refractivity contribution is 5.34. The molecular formula is C22H40O. The summed E-state index contributed by atoms with van der Waals surface area (Å²) >= 11 is 0. The maximum absolute atomic E-state index is 5.94. The number of fused-ring (bicyclic) bond motifs is 1. The van der Waals surface area contributed by atoms with Gasteiger partial charge in [-0.05, 0) is 55.6 Å². The lowest BCUT2D eigenvalue weighted by Crippen LogP contribution is -2.26. The van der Waals surface area contributed by atoms with Crippen LogP contribution < -0.4 is 4.74 Å². The van der Waals surface area contributed by atoms with Gasteiger partial charge in [-0.2, -0.15) is 0 Å². The number of rotatable bonds is 0. The fourth-order valence-corrected chi connectivity index (χ4v) is 1.86. The molecule has 1 aromatic rings. The van der Waals surface area contributed by atoms with E-state index < -0.39 is 0 Å². The topological polar surface area (TPSA) is 9.23 Å². The molecule has 2 rings (SSSR count). The Morgan fingerprint density at radius 1 is 0.826 bits per heavy atom. The second-order valence-corrected chi connectivity index (χ2v) is 10.3. The number of hydrogen-bond acceptors (Lipinski definition) is 1. The maximum atomic E-state index is 5.94. The van der Waals surface area contributed by atoms with Gasteiger partial charge in [0.05, 0.1) is 0 Å². The molecule has 1 heteroatoms. The summed E-state index contributed by atoms with van der Waals surface area (Å²) in [6.45, 7) is 21.8. The molecule has 0 unspecified atom stereocenters. The summed E-state index contributed by atoms with van der Waals surface area (Å²) in [6.07, 6.45) is 3.52. The molecule has 0 saturated heterocycles. The van der Waals surface area contributed by atoms with Crippen LogP contribution in [0.4, 0.5) is 0 Å². The van der Waals surface area contributed by atoms with E-state index in [9.17, 15) is 0 Å². The number of aryl methyl sites for hydroxylation is 1. The Bertz CT molecular complexity index is 420. The van der Waals surface area contributed by atoms with E-state index in [-0.39, 0.29) is 5.60 Å². The molecule has 0 spiro atoms. The predicted molar refractivity (Wildman–Crippen MR) is 104 cm³/mol. The van der Waals surface area contributed by atoms with Crippen LogP contribution in [0.2, 0.25) is 0 Å². The number of para-hydroxylation sites is 1. The third-order valence-electron chi connectivity index (χ3n) is 2.58. The molecule has 0 atom stereocenters. The summed E-state index contributed by atoms with van der Waals surface area (Å²) in [5, 5.41) is 0. The van der Waals surface area contributed by atoms with Crippen LogP contribution in [0, 0.1) is 10.8 Å². The minimum atomic E-state index is 0.00655. The van der Waals surface area contributed by atoms with Crippen LogP contribution in [-0.4, -0.2) is 5.60 Å². The zero-order valence-electron chi connectivity index (χ0n) is 17.3. The van der Waals surface area contributed by atoms with E-state index in [1.807, 2.05) is 6.07 Å². The Hall–Kier alpha value is -0.980. The van der Waals surface area contributed by atoms with Gasteiger partial charge in [-0.15, -0.1) is 0 Å². The van der Waals surface area contributed by atoms with E-state index in [1.165, 1.54) is 12.0 Å². The van der Waals surface area contributed by atoms with Crippen molar-refractivity contribution in [3.05, 3.63) is 29.8 Å². The first kappa shape index (κ1) is 22.0. The molecule has 0 N–H and O–H groups in total. The Morgan fingerprint density at radius 2 is 1.26 bits per heavy atom. The van der Waals surface area contributed by atoms with E-state index in [2.05, 4.69) is 87.4 Å². The average molecular weight is 321 g/mol. The third-order valence-corrected chi connectivity index (χ3v) is 2.58. The Morgan fingerprint density at radius 3 is 1.74 bits per heavy atom. The first-order chi connectivity index (χ1) is 10.2. The standard InChI is InChI=1S/C12H16O.2C5H12/c1-12(2)9-5-7-10-6-3-4-8-11(10)13-12;2*1-5(2,3)4/h3-4,6,8H,5,7,9H2,1-2H3;2*1-4H3. The van der Waals surface area contributed by atoms with Crippen molar-refractivity contribution < 1.29 is 4.74 Å². The van der Waals surface area contributed by atoms with Crippen molar-refractivity contribution in [2.45, 2.75) is 94.1 Å². The highest BCUT2D eigenvalue weighted by Gasteiger charge is 2.23. The summed E-state index contributed by atoms with van der Waals surface area (Å²) in [5.74, 6) is 1.07. The third kappa shape index (κ3) is 15.7. The molecule has 0 amide bonds. The molecule has 1 aliphatic heterocycles. The van der Waals surface area contributed by atoms with Crippen LogP contribution in [0.3, 0.4) is 0 Å². The molecule has 0 aromatic heterocycles. The monoisotopic (exact) mass is 320 g/mol. The lowest BCUT2D eigenvalue weighted by atomic mass is 10.0. The lowest BCUT2D eigenvalue weighted by molar-refractivity contribution is 0.103. The molecule has 23 heavy (non-hydrogen) atoms. The van der Waals surface area contributed by atoms with E-state index in [1.54, 1.807) is 0 Å². The summed E-state index contributed by atoms with van der Waals surface area (Å²) in [5.41, 5.74) is 2.36. The normalized spacial score (nSPS) is 16.4. The van der Waals surface area contributed by atoms with Gasteiger partial charge >= 0.3 is 0 Å².